The number of carbonyl (C=O) groups is 1. The SMILES string of the molecule is C=CCOc1cc(C)c2c(c1C)[C@H](O)[C@@H]([C@H](C)C(=O)NC1CC1)CC2. The van der Waals surface area contributed by atoms with E-state index >= 15 is 0 Å². The van der Waals surface area contributed by atoms with Crippen LogP contribution in [0.25, 0.3) is 0 Å². The monoisotopic (exact) mass is 343 g/mol. The molecule has 2 N–H and O–H groups in total. The molecule has 4 heteroatoms. The van der Waals surface area contributed by atoms with Crippen molar-refractivity contribution in [3.63, 3.8) is 0 Å². The Morgan fingerprint density at radius 2 is 2.16 bits per heavy atom. The number of hydrogen-bond donors (Lipinski definition) is 2. The summed E-state index contributed by atoms with van der Waals surface area (Å²) in [7, 11) is 0. The van der Waals surface area contributed by atoms with E-state index in [1.165, 1.54) is 5.56 Å². The molecule has 0 aliphatic heterocycles. The summed E-state index contributed by atoms with van der Waals surface area (Å²) >= 11 is 0. The van der Waals surface area contributed by atoms with Gasteiger partial charge in [-0.3, -0.25) is 4.79 Å². The van der Waals surface area contributed by atoms with Gasteiger partial charge in [-0.25, -0.2) is 0 Å². The zero-order chi connectivity index (χ0) is 18.1. The number of ether oxygens (including phenoxy) is 1. The van der Waals surface area contributed by atoms with Crippen molar-refractivity contribution in [3.8, 4) is 5.75 Å². The lowest BCUT2D eigenvalue weighted by molar-refractivity contribution is -0.128. The van der Waals surface area contributed by atoms with E-state index in [1.807, 2.05) is 19.9 Å². The molecule has 0 aromatic heterocycles. The lowest BCUT2D eigenvalue weighted by Crippen LogP contribution is -2.38. The fraction of sp³-hybridized carbons (Fsp3) is 0.571. The summed E-state index contributed by atoms with van der Waals surface area (Å²) in [5.41, 5.74) is 4.30. The highest BCUT2D eigenvalue weighted by molar-refractivity contribution is 5.79. The second kappa shape index (κ2) is 7.20. The Balaban J connectivity index is 1.87. The van der Waals surface area contributed by atoms with Crippen molar-refractivity contribution in [1.29, 1.82) is 0 Å². The third-order valence-electron chi connectivity index (χ3n) is 5.69. The Hall–Kier alpha value is -1.81. The molecule has 0 saturated heterocycles. The second-order valence-electron chi connectivity index (χ2n) is 7.53. The van der Waals surface area contributed by atoms with E-state index in [1.54, 1.807) is 6.08 Å². The van der Waals surface area contributed by atoms with Crippen molar-refractivity contribution in [2.75, 3.05) is 6.61 Å². The van der Waals surface area contributed by atoms with Gasteiger partial charge in [0.15, 0.2) is 0 Å². The molecule has 1 fully saturated rings. The zero-order valence-electron chi connectivity index (χ0n) is 15.5. The summed E-state index contributed by atoms with van der Waals surface area (Å²) in [6, 6.07) is 2.40. The standard InChI is InChI=1S/C21H29NO3/c1-5-10-25-18-11-12(2)16-8-9-17(20(23)19(16)14(18)4)13(3)21(24)22-15-6-7-15/h5,11,13,15,17,20,23H,1,6-10H2,2-4H3,(H,22,24)/t13-,17+,20+/m0/s1. The zero-order valence-corrected chi connectivity index (χ0v) is 15.5. The Morgan fingerprint density at radius 3 is 2.80 bits per heavy atom. The highest BCUT2D eigenvalue weighted by Crippen LogP contribution is 2.44. The maximum Gasteiger partial charge on any atom is 0.223 e. The summed E-state index contributed by atoms with van der Waals surface area (Å²) in [5, 5.41) is 14.2. The summed E-state index contributed by atoms with van der Waals surface area (Å²) in [6.07, 6.45) is 4.98. The molecule has 3 rings (SSSR count). The fourth-order valence-corrected chi connectivity index (χ4v) is 3.96. The first-order valence-corrected chi connectivity index (χ1v) is 9.29. The molecule has 1 saturated carbocycles. The number of fused-ring (bicyclic) bond motifs is 1. The fourth-order valence-electron chi connectivity index (χ4n) is 3.96. The molecule has 0 unspecified atom stereocenters. The van der Waals surface area contributed by atoms with E-state index in [4.69, 9.17) is 4.74 Å². The first-order valence-electron chi connectivity index (χ1n) is 9.29. The molecule has 0 spiro atoms. The Morgan fingerprint density at radius 1 is 1.44 bits per heavy atom. The molecule has 3 atom stereocenters. The largest absolute Gasteiger partial charge is 0.489 e. The van der Waals surface area contributed by atoms with Gasteiger partial charge < -0.3 is 15.2 Å². The number of aliphatic hydroxyl groups excluding tert-OH is 1. The number of aliphatic hydroxyl groups is 1. The van der Waals surface area contributed by atoms with Crippen LogP contribution in [-0.2, 0) is 11.2 Å². The molecule has 0 radical (unpaired) electrons. The van der Waals surface area contributed by atoms with Gasteiger partial charge in [0.25, 0.3) is 0 Å². The van der Waals surface area contributed by atoms with Crippen LogP contribution in [0.5, 0.6) is 5.75 Å². The molecule has 25 heavy (non-hydrogen) atoms. The van der Waals surface area contributed by atoms with Crippen LogP contribution in [0.1, 0.15) is 54.5 Å². The number of hydrogen-bond acceptors (Lipinski definition) is 3. The van der Waals surface area contributed by atoms with Gasteiger partial charge in [0.1, 0.15) is 12.4 Å². The van der Waals surface area contributed by atoms with Crippen LogP contribution in [0.2, 0.25) is 0 Å². The summed E-state index contributed by atoms with van der Waals surface area (Å²) in [6.45, 7) is 10.1. The van der Waals surface area contributed by atoms with E-state index in [2.05, 4.69) is 18.8 Å². The number of carbonyl (C=O) groups excluding carboxylic acids is 1. The number of nitrogens with one attached hydrogen (secondary N) is 1. The predicted octanol–water partition coefficient (Wildman–Crippen LogP) is 3.38. The number of aryl methyl sites for hydroxylation is 1. The highest BCUT2D eigenvalue weighted by Gasteiger charge is 2.38. The average molecular weight is 343 g/mol. The number of rotatable bonds is 6. The third kappa shape index (κ3) is 3.59. The van der Waals surface area contributed by atoms with Crippen molar-refractivity contribution < 1.29 is 14.6 Å². The molecule has 1 aromatic carbocycles. The molecule has 2 aliphatic rings. The van der Waals surface area contributed by atoms with Crippen LogP contribution >= 0.6 is 0 Å². The quantitative estimate of drug-likeness (QED) is 0.779. The van der Waals surface area contributed by atoms with Gasteiger partial charge in [-0.15, -0.1) is 0 Å². The Kier molecular flexibility index (Phi) is 5.19. The summed E-state index contributed by atoms with van der Waals surface area (Å²) in [4.78, 5) is 12.5. The smallest absolute Gasteiger partial charge is 0.223 e. The molecule has 0 heterocycles. The lowest BCUT2D eigenvalue weighted by atomic mass is 9.72. The molecule has 2 aliphatic carbocycles. The van der Waals surface area contributed by atoms with E-state index in [0.29, 0.717) is 12.6 Å². The van der Waals surface area contributed by atoms with Gasteiger partial charge in [0.05, 0.1) is 6.10 Å². The third-order valence-corrected chi connectivity index (χ3v) is 5.69. The highest BCUT2D eigenvalue weighted by atomic mass is 16.5. The minimum Gasteiger partial charge on any atom is -0.489 e. The van der Waals surface area contributed by atoms with Gasteiger partial charge in [-0.2, -0.15) is 0 Å². The molecule has 0 bridgehead atoms. The van der Waals surface area contributed by atoms with Crippen molar-refractivity contribution in [2.24, 2.45) is 11.8 Å². The van der Waals surface area contributed by atoms with Crippen molar-refractivity contribution in [1.82, 2.24) is 5.32 Å². The van der Waals surface area contributed by atoms with Crippen LogP contribution in [-0.4, -0.2) is 23.7 Å². The molecule has 136 valence electrons. The molecule has 1 aromatic rings. The minimum atomic E-state index is -0.630. The van der Waals surface area contributed by atoms with Crippen molar-refractivity contribution in [2.45, 2.75) is 58.6 Å². The van der Waals surface area contributed by atoms with Crippen LogP contribution in [0.4, 0.5) is 0 Å². The minimum absolute atomic E-state index is 0.0565. The molecular weight excluding hydrogens is 314 g/mol. The topological polar surface area (TPSA) is 58.6 Å². The van der Waals surface area contributed by atoms with Gasteiger partial charge in [-0.1, -0.05) is 19.6 Å². The van der Waals surface area contributed by atoms with Gasteiger partial charge in [-0.05, 0) is 67.9 Å². The Labute approximate surface area is 150 Å². The van der Waals surface area contributed by atoms with Crippen LogP contribution in [0.15, 0.2) is 18.7 Å². The summed E-state index contributed by atoms with van der Waals surface area (Å²) in [5.74, 6) is 0.620. The van der Waals surface area contributed by atoms with E-state index in [-0.39, 0.29) is 17.7 Å². The summed E-state index contributed by atoms with van der Waals surface area (Å²) < 4.78 is 5.78. The lowest BCUT2D eigenvalue weighted by Gasteiger charge is -2.36. The first-order chi connectivity index (χ1) is 11.9. The Bertz CT molecular complexity index is 678. The number of benzene rings is 1. The predicted molar refractivity (Wildman–Crippen MR) is 98.7 cm³/mol. The van der Waals surface area contributed by atoms with Crippen LogP contribution < -0.4 is 10.1 Å². The number of amides is 1. The van der Waals surface area contributed by atoms with Crippen LogP contribution in [0.3, 0.4) is 0 Å². The normalized spacial score (nSPS) is 23.5. The van der Waals surface area contributed by atoms with E-state index in [9.17, 15) is 9.90 Å². The van der Waals surface area contributed by atoms with Gasteiger partial charge in [0.2, 0.25) is 5.91 Å². The van der Waals surface area contributed by atoms with Crippen molar-refractivity contribution >= 4 is 5.91 Å². The van der Waals surface area contributed by atoms with Gasteiger partial charge in [0, 0.05) is 17.9 Å². The molecule has 4 nitrogen and oxygen atoms in total. The first kappa shape index (κ1) is 18.0. The van der Waals surface area contributed by atoms with E-state index in [0.717, 1.165) is 48.1 Å². The molecule has 1 amide bonds. The second-order valence-corrected chi connectivity index (χ2v) is 7.53. The van der Waals surface area contributed by atoms with E-state index < -0.39 is 6.10 Å². The average Bonchev–Trinajstić information content (AvgIpc) is 3.40. The molecular formula is C21H29NO3. The van der Waals surface area contributed by atoms with Gasteiger partial charge >= 0.3 is 0 Å². The van der Waals surface area contributed by atoms with Crippen LogP contribution in [0, 0.1) is 25.7 Å². The maximum absolute atomic E-state index is 12.5. The maximum atomic E-state index is 12.5. The van der Waals surface area contributed by atoms with Crippen molar-refractivity contribution in [3.05, 3.63) is 41.0 Å².